The molecule has 0 amide bonds. The van der Waals surface area contributed by atoms with Crippen LogP contribution in [0.4, 0.5) is 4.39 Å². The Labute approximate surface area is 211 Å². The molecule has 7 nitrogen and oxygen atoms in total. The van der Waals surface area contributed by atoms with Crippen LogP contribution in [0.25, 0.3) is 21.7 Å². The van der Waals surface area contributed by atoms with Crippen molar-refractivity contribution in [3.8, 4) is 17.1 Å². The maximum Gasteiger partial charge on any atom is 0.278 e. The lowest BCUT2D eigenvalue weighted by Gasteiger charge is -2.15. The van der Waals surface area contributed by atoms with Crippen LogP contribution in [-0.2, 0) is 9.47 Å². The van der Waals surface area contributed by atoms with E-state index in [1.807, 2.05) is 0 Å². The molecule has 2 aromatic carbocycles. The van der Waals surface area contributed by atoms with Crippen molar-refractivity contribution in [1.82, 2.24) is 14.1 Å². The van der Waals surface area contributed by atoms with Gasteiger partial charge in [-0.1, -0.05) is 34.7 Å². The van der Waals surface area contributed by atoms with Gasteiger partial charge in [0.15, 0.2) is 21.0 Å². The normalized spacial score (nSPS) is 14.2. The predicted molar refractivity (Wildman–Crippen MR) is 133 cm³/mol. The standard InChI is InChI=1S/C22H17ClFN3O4S3/c1-29-16-7-2-12(23)10-15(16)27-19-18(34-22(27)32)20(28)26(14-5-3-13(24)4-6-14)21(25-19)33-11-17-30-8-9-31-17/h2-7,10,17H,8-9,11H2,1H3. The van der Waals surface area contributed by atoms with Crippen LogP contribution in [0.5, 0.6) is 5.75 Å². The first kappa shape index (κ1) is 23.5. The molecule has 0 spiro atoms. The molecule has 34 heavy (non-hydrogen) atoms. The third-order valence-electron chi connectivity index (χ3n) is 5.08. The highest BCUT2D eigenvalue weighted by Gasteiger charge is 2.23. The quantitative estimate of drug-likeness (QED) is 0.189. The van der Waals surface area contributed by atoms with Crippen LogP contribution >= 0.6 is 46.9 Å². The summed E-state index contributed by atoms with van der Waals surface area (Å²) >= 11 is 14.3. The second-order valence-corrected chi connectivity index (χ2v) is 10.2. The van der Waals surface area contributed by atoms with Crippen LogP contribution in [0.2, 0.25) is 5.02 Å². The molecule has 4 aromatic rings. The van der Waals surface area contributed by atoms with Crippen molar-refractivity contribution >= 4 is 57.3 Å². The van der Waals surface area contributed by atoms with Gasteiger partial charge < -0.3 is 14.2 Å². The number of nitrogens with zero attached hydrogens (tertiary/aromatic N) is 3. The van der Waals surface area contributed by atoms with Crippen molar-refractivity contribution in [2.24, 2.45) is 0 Å². The molecule has 176 valence electrons. The van der Waals surface area contributed by atoms with Crippen LogP contribution in [0.15, 0.2) is 52.4 Å². The third kappa shape index (κ3) is 4.39. The van der Waals surface area contributed by atoms with E-state index in [1.54, 1.807) is 29.9 Å². The fraction of sp³-hybridized carbons (Fsp3) is 0.227. The van der Waals surface area contributed by atoms with Gasteiger partial charge in [-0.3, -0.25) is 13.9 Å². The number of rotatable bonds is 6. The summed E-state index contributed by atoms with van der Waals surface area (Å²) in [5.41, 5.74) is 1.14. The van der Waals surface area contributed by atoms with E-state index in [4.69, 9.17) is 43.0 Å². The Morgan fingerprint density at radius 1 is 1.24 bits per heavy atom. The minimum absolute atomic E-state index is 0.316. The summed E-state index contributed by atoms with van der Waals surface area (Å²) in [5, 5.41) is 0.882. The minimum Gasteiger partial charge on any atom is -0.495 e. The Morgan fingerprint density at radius 3 is 2.68 bits per heavy atom. The number of fused-ring (bicyclic) bond motifs is 1. The smallest absolute Gasteiger partial charge is 0.278 e. The Balaban J connectivity index is 1.74. The predicted octanol–water partition coefficient (Wildman–Crippen LogP) is 5.23. The van der Waals surface area contributed by atoms with Gasteiger partial charge in [0.2, 0.25) is 0 Å². The van der Waals surface area contributed by atoms with Crippen LogP contribution in [0.3, 0.4) is 0 Å². The van der Waals surface area contributed by atoms with Gasteiger partial charge in [0, 0.05) is 5.02 Å². The summed E-state index contributed by atoms with van der Waals surface area (Å²) in [5.74, 6) is 0.555. The summed E-state index contributed by atoms with van der Waals surface area (Å²) in [6.07, 6.45) is -0.406. The van der Waals surface area contributed by atoms with Gasteiger partial charge >= 0.3 is 0 Å². The van der Waals surface area contributed by atoms with Crippen molar-refractivity contribution in [2.45, 2.75) is 11.4 Å². The zero-order valence-corrected chi connectivity index (χ0v) is 20.9. The van der Waals surface area contributed by atoms with Gasteiger partial charge in [0.1, 0.15) is 16.3 Å². The highest BCUT2D eigenvalue weighted by Crippen LogP contribution is 2.33. The fourth-order valence-corrected chi connectivity index (χ4v) is 5.95. The number of ether oxygens (including phenoxy) is 3. The molecular formula is C22H17ClFN3O4S3. The monoisotopic (exact) mass is 537 g/mol. The first-order valence-corrected chi connectivity index (χ1v) is 12.7. The van der Waals surface area contributed by atoms with E-state index < -0.39 is 12.1 Å². The van der Waals surface area contributed by atoms with Crippen molar-refractivity contribution < 1.29 is 18.6 Å². The molecule has 0 aliphatic carbocycles. The molecule has 0 bridgehead atoms. The number of thioether (sulfide) groups is 1. The molecule has 5 rings (SSSR count). The Morgan fingerprint density at radius 2 is 1.97 bits per heavy atom. The lowest BCUT2D eigenvalue weighted by atomic mass is 10.3. The summed E-state index contributed by atoms with van der Waals surface area (Å²) in [7, 11) is 1.54. The maximum absolute atomic E-state index is 13.7. The fourth-order valence-electron chi connectivity index (χ4n) is 3.55. The van der Waals surface area contributed by atoms with E-state index in [1.165, 1.54) is 40.6 Å². The number of methoxy groups -OCH3 is 1. The first-order chi connectivity index (χ1) is 16.5. The average molecular weight is 538 g/mol. The summed E-state index contributed by atoms with van der Waals surface area (Å²) < 4.78 is 34.1. The molecule has 0 radical (unpaired) electrons. The first-order valence-electron chi connectivity index (χ1n) is 10.1. The Hall–Kier alpha value is -2.28. The van der Waals surface area contributed by atoms with E-state index >= 15 is 0 Å². The lowest BCUT2D eigenvalue weighted by Crippen LogP contribution is -2.22. The lowest BCUT2D eigenvalue weighted by molar-refractivity contribution is -0.0215. The highest BCUT2D eigenvalue weighted by atomic mass is 35.5. The molecule has 0 N–H and O–H groups in total. The highest BCUT2D eigenvalue weighted by molar-refractivity contribution is 7.99. The molecular weight excluding hydrogens is 521 g/mol. The van der Waals surface area contributed by atoms with Crippen molar-refractivity contribution in [2.75, 3.05) is 26.1 Å². The van der Waals surface area contributed by atoms with E-state index in [0.29, 0.717) is 60.6 Å². The zero-order chi connectivity index (χ0) is 23.8. The molecule has 1 fully saturated rings. The van der Waals surface area contributed by atoms with Gasteiger partial charge in [0.25, 0.3) is 5.56 Å². The van der Waals surface area contributed by atoms with E-state index in [0.717, 1.165) is 11.3 Å². The number of thiazole rings is 1. The van der Waals surface area contributed by atoms with Crippen molar-refractivity contribution in [3.05, 3.63) is 67.6 Å². The minimum atomic E-state index is -0.406. The third-order valence-corrected chi connectivity index (χ3v) is 7.64. The number of benzene rings is 2. The Kier molecular flexibility index (Phi) is 6.74. The molecule has 2 aromatic heterocycles. The summed E-state index contributed by atoms with van der Waals surface area (Å²) in [6.45, 7) is 1.03. The molecule has 3 heterocycles. The second-order valence-electron chi connectivity index (χ2n) is 7.17. The largest absolute Gasteiger partial charge is 0.495 e. The molecule has 0 atom stereocenters. The number of hydrogen-bond acceptors (Lipinski definition) is 8. The van der Waals surface area contributed by atoms with Gasteiger partial charge in [-0.2, -0.15) is 0 Å². The van der Waals surface area contributed by atoms with E-state index in [9.17, 15) is 9.18 Å². The van der Waals surface area contributed by atoms with Crippen molar-refractivity contribution in [1.29, 1.82) is 0 Å². The maximum atomic E-state index is 13.7. The second kappa shape index (κ2) is 9.76. The van der Waals surface area contributed by atoms with Gasteiger partial charge in [-0.05, 0) is 54.7 Å². The summed E-state index contributed by atoms with van der Waals surface area (Å²) in [6, 6.07) is 10.8. The number of halogens is 2. The van der Waals surface area contributed by atoms with Crippen LogP contribution in [0.1, 0.15) is 0 Å². The zero-order valence-electron chi connectivity index (χ0n) is 17.7. The number of hydrogen-bond donors (Lipinski definition) is 0. The average Bonchev–Trinajstić information content (AvgIpc) is 3.46. The topological polar surface area (TPSA) is 67.5 Å². The Bertz CT molecular complexity index is 1480. The SMILES string of the molecule is COc1ccc(Cl)cc1-n1c(=S)sc2c(=O)n(-c3ccc(F)cc3)c(SCC3OCCO3)nc21. The van der Waals surface area contributed by atoms with Crippen LogP contribution in [0, 0.1) is 9.77 Å². The van der Waals surface area contributed by atoms with Crippen molar-refractivity contribution in [3.63, 3.8) is 0 Å². The number of aromatic nitrogens is 3. The molecule has 1 saturated heterocycles. The molecule has 0 unspecified atom stereocenters. The molecule has 1 aliphatic rings. The van der Waals surface area contributed by atoms with Gasteiger partial charge in [-0.25, -0.2) is 9.37 Å². The van der Waals surface area contributed by atoms with Gasteiger partial charge in [0.05, 0.1) is 37.5 Å². The van der Waals surface area contributed by atoms with Crippen LogP contribution in [-0.4, -0.2) is 46.5 Å². The summed E-state index contributed by atoms with van der Waals surface area (Å²) in [4.78, 5) is 18.5. The van der Waals surface area contributed by atoms with E-state index in [-0.39, 0.29) is 5.56 Å². The van der Waals surface area contributed by atoms with Gasteiger partial charge in [-0.15, -0.1) is 0 Å². The van der Waals surface area contributed by atoms with E-state index in [2.05, 4.69) is 0 Å². The van der Waals surface area contributed by atoms with Crippen LogP contribution < -0.4 is 10.3 Å². The molecule has 12 heteroatoms. The molecule has 1 aliphatic heterocycles. The molecule has 0 saturated carbocycles.